The van der Waals surface area contributed by atoms with Gasteiger partial charge in [0, 0.05) is 17.5 Å². The average Bonchev–Trinajstić information content (AvgIpc) is 2.62. The first-order valence-electron chi connectivity index (χ1n) is 8.85. The topological polar surface area (TPSA) is 35.0 Å². The quantitative estimate of drug-likeness (QED) is 0.394. The van der Waals surface area contributed by atoms with Gasteiger partial charge in [-0.3, -0.25) is 0 Å². The third kappa shape index (κ3) is 4.85. The summed E-state index contributed by atoms with van der Waals surface area (Å²) >= 11 is 1.64. The van der Waals surface area contributed by atoms with Crippen molar-refractivity contribution in [2.24, 2.45) is 0 Å². The number of nitrogens with zero attached hydrogens (tertiary/aromatic N) is 2. The monoisotopic (exact) mass is 364 g/mol. The highest BCUT2D eigenvalue weighted by molar-refractivity contribution is 7.98. The van der Waals surface area contributed by atoms with Crippen molar-refractivity contribution < 1.29 is 4.74 Å². The lowest BCUT2D eigenvalue weighted by Crippen LogP contribution is -1.98. The summed E-state index contributed by atoms with van der Waals surface area (Å²) in [5.41, 5.74) is 5.87. The number of aromatic nitrogens is 2. The minimum Gasteiger partial charge on any atom is -0.439 e. The smallest absolute Gasteiger partial charge is 0.223 e. The Hall–Kier alpha value is -2.33. The SMILES string of the molecule is CCc1cc(Oc2ccc(C)cc2C)nc(SCc2cccc(C)c2)n1. The molecular formula is C22H24N2OS. The van der Waals surface area contributed by atoms with E-state index < -0.39 is 0 Å². The zero-order valence-electron chi connectivity index (χ0n) is 15.7. The van der Waals surface area contributed by atoms with E-state index in [1.54, 1.807) is 11.8 Å². The number of benzene rings is 2. The van der Waals surface area contributed by atoms with Gasteiger partial charge in [-0.25, -0.2) is 4.98 Å². The van der Waals surface area contributed by atoms with Crippen molar-refractivity contribution in [1.29, 1.82) is 0 Å². The van der Waals surface area contributed by atoms with Gasteiger partial charge in [0.1, 0.15) is 5.75 Å². The molecule has 0 radical (unpaired) electrons. The summed E-state index contributed by atoms with van der Waals surface area (Å²) in [6.45, 7) is 8.34. The third-order valence-corrected chi connectivity index (χ3v) is 5.01. The van der Waals surface area contributed by atoms with Crippen LogP contribution in [0.1, 0.15) is 34.9 Å². The van der Waals surface area contributed by atoms with E-state index in [4.69, 9.17) is 4.74 Å². The first-order valence-corrected chi connectivity index (χ1v) is 9.83. The maximum Gasteiger partial charge on any atom is 0.223 e. The Balaban J connectivity index is 1.79. The summed E-state index contributed by atoms with van der Waals surface area (Å²) in [7, 11) is 0. The fourth-order valence-electron chi connectivity index (χ4n) is 2.72. The molecule has 3 rings (SSSR count). The summed E-state index contributed by atoms with van der Waals surface area (Å²) in [6.07, 6.45) is 0.851. The molecule has 1 aromatic heterocycles. The van der Waals surface area contributed by atoms with Crippen molar-refractivity contribution in [2.45, 2.75) is 45.0 Å². The van der Waals surface area contributed by atoms with E-state index in [0.717, 1.165) is 34.3 Å². The number of rotatable bonds is 6. The molecular weight excluding hydrogens is 340 g/mol. The second-order valence-corrected chi connectivity index (χ2v) is 7.42. The molecule has 0 bridgehead atoms. The molecule has 4 heteroatoms. The Morgan fingerprint density at radius 3 is 2.46 bits per heavy atom. The number of thioether (sulfide) groups is 1. The van der Waals surface area contributed by atoms with Crippen LogP contribution < -0.4 is 4.74 Å². The lowest BCUT2D eigenvalue weighted by atomic mass is 10.1. The van der Waals surface area contributed by atoms with Gasteiger partial charge in [0.15, 0.2) is 5.16 Å². The second kappa shape index (κ2) is 8.37. The van der Waals surface area contributed by atoms with Crippen molar-refractivity contribution in [3.05, 3.63) is 76.5 Å². The Morgan fingerprint density at radius 1 is 0.923 bits per heavy atom. The molecule has 0 fully saturated rings. The van der Waals surface area contributed by atoms with Crippen LogP contribution in [0.5, 0.6) is 11.6 Å². The molecule has 1 heterocycles. The van der Waals surface area contributed by atoms with Gasteiger partial charge in [-0.1, -0.05) is 66.2 Å². The van der Waals surface area contributed by atoms with Crippen LogP contribution in [0.2, 0.25) is 0 Å². The van der Waals surface area contributed by atoms with E-state index in [0.29, 0.717) is 5.88 Å². The summed E-state index contributed by atoms with van der Waals surface area (Å²) < 4.78 is 6.05. The van der Waals surface area contributed by atoms with E-state index in [2.05, 4.69) is 74.1 Å². The fourth-order valence-corrected chi connectivity index (χ4v) is 3.54. The van der Waals surface area contributed by atoms with Crippen molar-refractivity contribution in [2.75, 3.05) is 0 Å². The number of hydrogen-bond acceptors (Lipinski definition) is 4. The molecule has 0 saturated carbocycles. The molecule has 0 atom stereocenters. The molecule has 0 amide bonds. The van der Waals surface area contributed by atoms with E-state index in [-0.39, 0.29) is 0 Å². The van der Waals surface area contributed by atoms with E-state index in [1.807, 2.05) is 12.1 Å². The molecule has 0 unspecified atom stereocenters. The van der Waals surface area contributed by atoms with Crippen molar-refractivity contribution in [3.63, 3.8) is 0 Å². The van der Waals surface area contributed by atoms with Gasteiger partial charge in [0.05, 0.1) is 0 Å². The fraction of sp³-hybridized carbons (Fsp3) is 0.273. The van der Waals surface area contributed by atoms with Crippen LogP contribution >= 0.6 is 11.8 Å². The molecule has 134 valence electrons. The van der Waals surface area contributed by atoms with Crippen LogP contribution in [0.25, 0.3) is 0 Å². The molecule has 26 heavy (non-hydrogen) atoms. The van der Waals surface area contributed by atoms with Crippen molar-refractivity contribution >= 4 is 11.8 Å². The average molecular weight is 365 g/mol. The normalized spacial score (nSPS) is 10.8. The van der Waals surface area contributed by atoms with Gasteiger partial charge < -0.3 is 4.74 Å². The van der Waals surface area contributed by atoms with Crippen LogP contribution in [0.4, 0.5) is 0 Å². The predicted octanol–water partition coefficient (Wildman–Crippen LogP) is 6.05. The van der Waals surface area contributed by atoms with Gasteiger partial charge in [0.2, 0.25) is 5.88 Å². The molecule has 0 aliphatic heterocycles. The Bertz CT molecular complexity index is 908. The Kier molecular flexibility index (Phi) is 5.94. The highest BCUT2D eigenvalue weighted by Gasteiger charge is 2.09. The molecule has 0 aliphatic carbocycles. The largest absolute Gasteiger partial charge is 0.439 e. The zero-order chi connectivity index (χ0) is 18.5. The van der Waals surface area contributed by atoms with E-state index in [9.17, 15) is 0 Å². The standard InChI is InChI=1S/C22H24N2OS/c1-5-19-13-21(25-20-10-9-16(3)11-17(20)4)24-22(23-19)26-14-18-8-6-7-15(2)12-18/h6-13H,5,14H2,1-4H3. The zero-order valence-corrected chi connectivity index (χ0v) is 16.6. The van der Waals surface area contributed by atoms with Crippen LogP contribution in [0.3, 0.4) is 0 Å². The second-order valence-electron chi connectivity index (χ2n) is 6.48. The van der Waals surface area contributed by atoms with Crippen LogP contribution in [-0.2, 0) is 12.2 Å². The summed E-state index contributed by atoms with van der Waals surface area (Å²) in [4.78, 5) is 9.25. The summed E-state index contributed by atoms with van der Waals surface area (Å²) in [5, 5.41) is 0.755. The van der Waals surface area contributed by atoms with Crippen molar-refractivity contribution in [3.8, 4) is 11.6 Å². The minimum absolute atomic E-state index is 0.607. The van der Waals surface area contributed by atoms with Gasteiger partial charge in [0.25, 0.3) is 0 Å². The Morgan fingerprint density at radius 2 is 1.73 bits per heavy atom. The lowest BCUT2D eigenvalue weighted by Gasteiger charge is -2.11. The first kappa shape index (κ1) is 18.5. The lowest BCUT2D eigenvalue weighted by molar-refractivity contribution is 0.450. The molecule has 0 N–H and O–H groups in total. The summed E-state index contributed by atoms with van der Waals surface area (Å²) in [5.74, 6) is 2.29. The maximum absolute atomic E-state index is 6.05. The van der Waals surface area contributed by atoms with Gasteiger partial charge in [-0.15, -0.1) is 0 Å². The Labute approximate surface area is 159 Å². The van der Waals surface area contributed by atoms with Crippen LogP contribution in [-0.4, -0.2) is 9.97 Å². The molecule has 2 aromatic carbocycles. The van der Waals surface area contributed by atoms with Crippen LogP contribution in [0.15, 0.2) is 53.7 Å². The summed E-state index contributed by atoms with van der Waals surface area (Å²) in [6, 6.07) is 16.6. The molecule has 0 spiro atoms. The number of aryl methyl sites for hydroxylation is 4. The number of hydrogen-bond donors (Lipinski definition) is 0. The van der Waals surface area contributed by atoms with Crippen molar-refractivity contribution in [1.82, 2.24) is 9.97 Å². The maximum atomic E-state index is 6.05. The molecule has 0 saturated heterocycles. The minimum atomic E-state index is 0.607. The highest BCUT2D eigenvalue weighted by Crippen LogP contribution is 2.28. The van der Waals surface area contributed by atoms with Crippen LogP contribution in [0, 0.1) is 20.8 Å². The van der Waals surface area contributed by atoms with E-state index >= 15 is 0 Å². The predicted molar refractivity (Wildman–Crippen MR) is 108 cm³/mol. The third-order valence-electron chi connectivity index (χ3n) is 4.09. The molecule has 3 nitrogen and oxygen atoms in total. The highest BCUT2D eigenvalue weighted by atomic mass is 32.2. The first-order chi connectivity index (χ1) is 12.5. The van der Waals surface area contributed by atoms with E-state index in [1.165, 1.54) is 16.7 Å². The van der Waals surface area contributed by atoms with Gasteiger partial charge in [-0.05, 0) is 44.4 Å². The molecule has 0 aliphatic rings. The van der Waals surface area contributed by atoms with Gasteiger partial charge >= 0.3 is 0 Å². The molecule has 3 aromatic rings. The van der Waals surface area contributed by atoms with Gasteiger partial charge in [-0.2, -0.15) is 4.98 Å². The number of ether oxygens (including phenoxy) is 1.